The number of aromatic nitrogens is 1. The van der Waals surface area contributed by atoms with Gasteiger partial charge in [-0.3, -0.25) is 0 Å². The second-order valence-electron chi connectivity index (χ2n) is 4.87. The average Bonchev–Trinajstić information content (AvgIpc) is 3.11. The van der Waals surface area contributed by atoms with Crippen LogP contribution in [-0.2, 0) is 0 Å². The molecule has 19 heavy (non-hydrogen) atoms. The Hall–Kier alpha value is -0.230. The van der Waals surface area contributed by atoms with Gasteiger partial charge in [-0.15, -0.1) is 11.3 Å². The summed E-state index contributed by atoms with van der Waals surface area (Å²) >= 11 is 8.84. The maximum Gasteiger partial charge on any atom is 0.114 e. The fourth-order valence-corrected chi connectivity index (χ4v) is 3.52. The fourth-order valence-electron chi connectivity index (χ4n) is 1.99. The molecule has 2 nitrogen and oxygen atoms in total. The van der Waals surface area contributed by atoms with Crippen LogP contribution in [0.2, 0.25) is 0 Å². The van der Waals surface area contributed by atoms with Crippen LogP contribution >= 0.6 is 43.2 Å². The molecule has 5 heteroatoms. The second-order valence-corrected chi connectivity index (χ2v) is 7.47. The zero-order chi connectivity index (χ0) is 13.4. The lowest BCUT2D eigenvalue weighted by molar-refractivity contribution is 0.597. The smallest absolute Gasteiger partial charge is 0.114 e. The number of hydrogen-bond donors (Lipinski definition) is 1. The molecule has 1 unspecified atom stereocenters. The lowest BCUT2D eigenvalue weighted by Gasteiger charge is -2.17. The Morgan fingerprint density at radius 1 is 1.32 bits per heavy atom. The Labute approximate surface area is 133 Å². The maximum atomic E-state index is 4.65. The van der Waals surface area contributed by atoms with E-state index >= 15 is 0 Å². The normalized spacial score (nSPS) is 16.6. The first-order valence-corrected chi connectivity index (χ1v) is 8.73. The molecule has 3 rings (SSSR count). The molecule has 0 saturated heterocycles. The first-order chi connectivity index (χ1) is 9.13. The molecule has 1 aliphatic carbocycles. The van der Waals surface area contributed by atoms with E-state index in [2.05, 4.69) is 65.7 Å². The standard InChI is InChI=1S/C14H14Br2N2S/c1-8-7-19-14(17-8)13(18-10-3-4-10)9-2-5-11(15)12(16)6-9/h2,5-7,10,13,18H,3-4H2,1H3. The maximum absolute atomic E-state index is 4.65. The number of aryl methyl sites for hydroxylation is 1. The van der Waals surface area contributed by atoms with Crippen LogP contribution in [0.1, 0.15) is 35.1 Å². The minimum absolute atomic E-state index is 0.204. The summed E-state index contributed by atoms with van der Waals surface area (Å²) in [6.07, 6.45) is 2.55. The van der Waals surface area contributed by atoms with E-state index in [4.69, 9.17) is 0 Å². The number of hydrogen-bond acceptors (Lipinski definition) is 3. The third-order valence-corrected chi connectivity index (χ3v) is 6.05. The molecule has 1 aliphatic rings. The number of halogens is 2. The van der Waals surface area contributed by atoms with E-state index in [1.165, 1.54) is 18.4 Å². The molecule has 2 aromatic rings. The van der Waals surface area contributed by atoms with Crippen molar-refractivity contribution < 1.29 is 0 Å². The summed E-state index contributed by atoms with van der Waals surface area (Å²) in [4.78, 5) is 4.65. The molecule has 0 aliphatic heterocycles. The summed E-state index contributed by atoms with van der Waals surface area (Å²) in [6, 6.07) is 7.26. The van der Waals surface area contributed by atoms with Crippen LogP contribution in [0.5, 0.6) is 0 Å². The average molecular weight is 402 g/mol. The third-order valence-electron chi connectivity index (χ3n) is 3.14. The lowest BCUT2D eigenvalue weighted by atomic mass is 10.1. The SMILES string of the molecule is Cc1csc(C(NC2CC2)c2ccc(Br)c(Br)c2)n1. The van der Waals surface area contributed by atoms with Gasteiger partial charge in [0.25, 0.3) is 0 Å². The van der Waals surface area contributed by atoms with E-state index in [1.54, 1.807) is 11.3 Å². The highest BCUT2D eigenvalue weighted by molar-refractivity contribution is 9.13. The van der Waals surface area contributed by atoms with Crippen molar-refractivity contribution in [3.05, 3.63) is 48.8 Å². The Morgan fingerprint density at radius 3 is 2.68 bits per heavy atom. The van der Waals surface area contributed by atoms with Crippen molar-refractivity contribution in [1.82, 2.24) is 10.3 Å². The minimum Gasteiger partial charge on any atom is -0.301 e. The first-order valence-electron chi connectivity index (χ1n) is 6.26. The molecule has 1 fully saturated rings. The van der Waals surface area contributed by atoms with Gasteiger partial charge in [0.15, 0.2) is 0 Å². The van der Waals surface area contributed by atoms with Gasteiger partial charge >= 0.3 is 0 Å². The summed E-state index contributed by atoms with van der Waals surface area (Å²) < 4.78 is 2.16. The Kier molecular flexibility index (Phi) is 4.08. The quantitative estimate of drug-likeness (QED) is 0.794. The summed E-state index contributed by atoms with van der Waals surface area (Å²) in [7, 11) is 0. The number of nitrogens with zero attached hydrogens (tertiary/aromatic N) is 1. The Bertz CT molecular complexity index is 593. The molecule has 100 valence electrons. The van der Waals surface area contributed by atoms with Crippen LogP contribution in [0.4, 0.5) is 0 Å². The summed E-state index contributed by atoms with van der Waals surface area (Å²) in [6.45, 7) is 2.05. The number of rotatable bonds is 4. The van der Waals surface area contributed by atoms with Gasteiger partial charge in [0.05, 0.1) is 6.04 Å². The van der Waals surface area contributed by atoms with E-state index in [-0.39, 0.29) is 6.04 Å². The van der Waals surface area contributed by atoms with Gasteiger partial charge < -0.3 is 5.32 Å². The second kappa shape index (κ2) is 5.64. The molecule has 0 amide bonds. The van der Waals surface area contributed by atoms with E-state index < -0.39 is 0 Å². The van der Waals surface area contributed by atoms with Gasteiger partial charge in [0.1, 0.15) is 5.01 Å². The molecule has 1 heterocycles. The van der Waals surface area contributed by atoms with Gasteiger partial charge in [-0.2, -0.15) is 0 Å². The van der Waals surface area contributed by atoms with Gasteiger partial charge in [0, 0.05) is 26.1 Å². The molecule has 1 atom stereocenters. The predicted molar refractivity (Wildman–Crippen MR) is 86.7 cm³/mol. The van der Waals surface area contributed by atoms with Crippen LogP contribution < -0.4 is 5.32 Å². The number of nitrogens with one attached hydrogen (secondary N) is 1. The van der Waals surface area contributed by atoms with Crippen molar-refractivity contribution in [3.63, 3.8) is 0 Å². The highest BCUT2D eigenvalue weighted by Crippen LogP contribution is 2.33. The van der Waals surface area contributed by atoms with Gasteiger partial charge in [0.2, 0.25) is 0 Å². The number of benzene rings is 1. The van der Waals surface area contributed by atoms with Crippen LogP contribution in [-0.4, -0.2) is 11.0 Å². The van der Waals surface area contributed by atoms with Crippen LogP contribution in [0.3, 0.4) is 0 Å². The van der Waals surface area contributed by atoms with E-state index in [0.29, 0.717) is 6.04 Å². The van der Waals surface area contributed by atoms with E-state index in [9.17, 15) is 0 Å². The molecule has 0 radical (unpaired) electrons. The van der Waals surface area contributed by atoms with Crippen LogP contribution in [0.25, 0.3) is 0 Å². The summed E-state index contributed by atoms with van der Waals surface area (Å²) in [5.41, 5.74) is 2.36. The van der Waals surface area contributed by atoms with Crippen molar-refractivity contribution in [3.8, 4) is 0 Å². The summed E-state index contributed by atoms with van der Waals surface area (Å²) in [5, 5.41) is 6.96. The predicted octanol–water partition coefficient (Wildman–Crippen LogP) is 4.82. The van der Waals surface area contributed by atoms with Crippen LogP contribution in [0.15, 0.2) is 32.5 Å². The van der Waals surface area contributed by atoms with E-state index in [0.717, 1.165) is 19.6 Å². The first kappa shape index (κ1) is 13.7. The zero-order valence-corrected chi connectivity index (χ0v) is 14.5. The molecule has 1 N–H and O–H groups in total. The van der Waals surface area contributed by atoms with Crippen molar-refractivity contribution in [2.45, 2.75) is 31.8 Å². The lowest BCUT2D eigenvalue weighted by Crippen LogP contribution is -2.24. The zero-order valence-electron chi connectivity index (χ0n) is 10.5. The molecular formula is C14H14Br2N2S. The van der Waals surface area contributed by atoms with Crippen molar-refractivity contribution in [2.24, 2.45) is 0 Å². The van der Waals surface area contributed by atoms with Gasteiger partial charge in [-0.25, -0.2) is 4.98 Å². The largest absolute Gasteiger partial charge is 0.301 e. The van der Waals surface area contributed by atoms with E-state index in [1.807, 2.05) is 6.92 Å². The highest BCUT2D eigenvalue weighted by atomic mass is 79.9. The number of thiazole rings is 1. The van der Waals surface area contributed by atoms with Crippen LogP contribution in [0, 0.1) is 6.92 Å². The Morgan fingerprint density at radius 2 is 2.11 bits per heavy atom. The van der Waals surface area contributed by atoms with Crippen molar-refractivity contribution in [2.75, 3.05) is 0 Å². The third kappa shape index (κ3) is 3.27. The molecule has 1 aromatic heterocycles. The molecule has 1 saturated carbocycles. The monoisotopic (exact) mass is 400 g/mol. The molecule has 0 bridgehead atoms. The topological polar surface area (TPSA) is 24.9 Å². The fraction of sp³-hybridized carbons (Fsp3) is 0.357. The van der Waals surface area contributed by atoms with Gasteiger partial charge in [-0.05, 0) is 69.3 Å². The molecule has 0 spiro atoms. The van der Waals surface area contributed by atoms with Crippen molar-refractivity contribution >= 4 is 43.2 Å². The van der Waals surface area contributed by atoms with Gasteiger partial charge in [-0.1, -0.05) is 6.07 Å². The summed E-state index contributed by atoms with van der Waals surface area (Å²) in [5.74, 6) is 0. The molecule has 1 aromatic carbocycles. The Balaban J connectivity index is 1.95. The molecular weight excluding hydrogens is 388 g/mol. The highest BCUT2D eigenvalue weighted by Gasteiger charge is 2.28. The van der Waals surface area contributed by atoms with Crippen molar-refractivity contribution in [1.29, 1.82) is 0 Å². The minimum atomic E-state index is 0.204.